The van der Waals surface area contributed by atoms with Gasteiger partial charge in [-0.1, -0.05) is 11.3 Å². The SMILES string of the molecule is CCOC(=O)c1nn(-c2ccc(F)cc2)c(=O)cc1OCC(=O)Nc1nc(C)c(C(=O)OCC)s1. The Morgan fingerprint density at radius 2 is 1.74 bits per heavy atom. The number of anilines is 1. The number of hydrogen-bond acceptors (Lipinski definition) is 10. The highest BCUT2D eigenvalue weighted by molar-refractivity contribution is 7.17. The van der Waals surface area contributed by atoms with Crippen LogP contribution in [0.4, 0.5) is 9.52 Å². The molecule has 11 nitrogen and oxygen atoms in total. The molecule has 0 saturated carbocycles. The Labute approximate surface area is 202 Å². The molecule has 0 radical (unpaired) electrons. The number of ether oxygens (including phenoxy) is 3. The van der Waals surface area contributed by atoms with Crippen LogP contribution in [-0.4, -0.2) is 52.4 Å². The second-order valence-electron chi connectivity index (χ2n) is 6.79. The van der Waals surface area contributed by atoms with Gasteiger partial charge in [-0.3, -0.25) is 14.9 Å². The van der Waals surface area contributed by atoms with Gasteiger partial charge in [0.1, 0.15) is 10.7 Å². The minimum absolute atomic E-state index is 0.0301. The van der Waals surface area contributed by atoms with Gasteiger partial charge in [0.15, 0.2) is 17.5 Å². The summed E-state index contributed by atoms with van der Waals surface area (Å²) in [4.78, 5) is 53.6. The third-order valence-electron chi connectivity index (χ3n) is 4.30. The summed E-state index contributed by atoms with van der Waals surface area (Å²) in [5, 5.41) is 6.62. The molecule has 0 unspecified atom stereocenters. The van der Waals surface area contributed by atoms with Crippen molar-refractivity contribution in [1.29, 1.82) is 0 Å². The average molecular weight is 504 g/mol. The lowest BCUT2D eigenvalue weighted by molar-refractivity contribution is -0.118. The first kappa shape index (κ1) is 25.5. The monoisotopic (exact) mass is 504 g/mol. The summed E-state index contributed by atoms with van der Waals surface area (Å²) in [6, 6.07) is 5.87. The van der Waals surface area contributed by atoms with Crippen LogP contribution >= 0.6 is 11.3 Å². The van der Waals surface area contributed by atoms with E-state index in [9.17, 15) is 23.6 Å². The molecule has 0 aliphatic heterocycles. The van der Waals surface area contributed by atoms with Crippen molar-refractivity contribution in [3.63, 3.8) is 0 Å². The zero-order valence-corrected chi connectivity index (χ0v) is 19.8. The summed E-state index contributed by atoms with van der Waals surface area (Å²) in [6.07, 6.45) is 0. The molecule has 1 N–H and O–H groups in total. The standard InChI is InChI=1S/C22H21FN4O7S/c1-4-32-20(30)18-15(10-17(29)27(26-18)14-8-6-13(23)7-9-14)34-11-16(28)25-22-24-12(3)19(35-22)21(31)33-5-2/h6-10H,4-5,11H2,1-3H3,(H,24,25,28). The molecule has 13 heteroatoms. The topological polar surface area (TPSA) is 139 Å². The Morgan fingerprint density at radius 1 is 1.09 bits per heavy atom. The number of esters is 2. The first-order valence-corrected chi connectivity index (χ1v) is 11.2. The quantitative estimate of drug-likeness (QED) is 0.436. The number of thiazole rings is 1. The summed E-state index contributed by atoms with van der Waals surface area (Å²) in [5.41, 5.74) is -0.432. The second kappa shape index (κ2) is 11.3. The Hall–Kier alpha value is -4.13. The average Bonchev–Trinajstić information content (AvgIpc) is 3.18. The molecule has 0 fully saturated rings. The van der Waals surface area contributed by atoms with Crippen LogP contribution < -0.4 is 15.6 Å². The Balaban J connectivity index is 1.79. The molecule has 35 heavy (non-hydrogen) atoms. The summed E-state index contributed by atoms with van der Waals surface area (Å²) in [5.74, 6) is -2.88. The van der Waals surface area contributed by atoms with Crippen LogP contribution in [-0.2, 0) is 14.3 Å². The van der Waals surface area contributed by atoms with Crippen LogP contribution in [0.3, 0.4) is 0 Å². The minimum atomic E-state index is -0.881. The molecule has 184 valence electrons. The zero-order valence-electron chi connectivity index (χ0n) is 19.0. The number of nitrogens with one attached hydrogen (secondary N) is 1. The molecule has 2 heterocycles. The van der Waals surface area contributed by atoms with E-state index in [1.165, 1.54) is 12.1 Å². The molecular formula is C22H21FN4O7S. The summed E-state index contributed by atoms with van der Waals surface area (Å²) in [7, 11) is 0. The fraction of sp³-hybridized carbons (Fsp3) is 0.273. The van der Waals surface area contributed by atoms with Crippen molar-refractivity contribution < 1.29 is 33.0 Å². The minimum Gasteiger partial charge on any atom is -0.481 e. The molecule has 3 aromatic rings. The summed E-state index contributed by atoms with van der Waals surface area (Å²) < 4.78 is 29.4. The zero-order chi connectivity index (χ0) is 25.5. The molecule has 0 atom stereocenters. The number of aryl methyl sites for hydroxylation is 1. The van der Waals surface area contributed by atoms with Crippen LogP contribution in [0.5, 0.6) is 5.75 Å². The van der Waals surface area contributed by atoms with Crippen LogP contribution in [0.1, 0.15) is 39.7 Å². The normalized spacial score (nSPS) is 10.5. The number of carbonyl (C=O) groups excluding carboxylic acids is 3. The number of benzene rings is 1. The largest absolute Gasteiger partial charge is 0.481 e. The van der Waals surface area contributed by atoms with Crippen LogP contribution in [0.2, 0.25) is 0 Å². The highest BCUT2D eigenvalue weighted by atomic mass is 32.1. The van der Waals surface area contributed by atoms with Gasteiger partial charge in [0.25, 0.3) is 11.5 Å². The number of halogens is 1. The molecular weight excluding hydrogens is 483 g/mol. The Morgan fingerprint density at radius 3 is 2.40 bits per heavy atom. The first-order chi connectivity index (χ1) is 16.7. The van der Waals surface area contributed by atoms with Crippen LogP contribution in [0.15, 0.2) is 35.1 Å². The molecule has 1 amide bonds. The molecule has 3 rings (SSSR count). The van der Waals surface area contributed by atoms with Crippen molar-refractivity contribution in [3.8, 4) is 11.4 Å². The Kier molecular flexibility index (Phi) is 8.25. The van der Waals surface area contributed by atoms with E-state index in [-0.39, 0.29) is 40.4 Å². The fourth-order valence-electron chi connectivity index (χ4n) is 2.79. The van der Waals surface area contributed by atoms with E-state index in [0.717, 1.165) is 34.2 Å². The Bertz CT molecular complexity index is 1300. The van der Waals surface area contributed by atoms with E-state index in [0.29, 0.717) is 5.69 Å². The van der Waals surface area contributed by atoms with Gasteiger partial charge in [0.05, 0.1) is 30.7 Å². The van der Waals surface area contributed by atoms with Crippen molar-refractivity contribution in [2.45, 2.75) is 20.8 Å². The van der Waals surface area contributed by atoms with Crippen molar-refractivity contribution in [2.75, 3.05) is 25.1 Å². The van der Waals surface area contributed by atoms with Gasteiger partial charge < -0.3 is 14.2 Å². The van der Waals surface area contributed by atoms with Gasteiger partial charge in [-0.15, -0.1) is 0 Å². The lowest BCUT2D eigenvalue weighted by atomic mass is 10.3. The van der Waals surface area contributed by atoms with Crippen molar-refractivity contribution in [2.24, 2.45) is 0 Å². The lowest BCUT2D eigenvalue weighted by Gasteiger charge is -2.12. The number of nitrogens with zero attached hydrogens (tertiary/aromatic N) is 3. The van der Waals surface area contributed by atoms with Crippen LogP contribution in [0, 0.1) is 12.7 Å². The molecule has 0 bridgehead atoms. The van der Waals surface area contributed by atoms with E-state index in [1.54, 1.807) is 20.8 Å². The number of aromatic nitrogens is 3. The molecule has 0 aliphatic rings. The first-order valence-electron chi connectivity index (χ1n) is 10.4. The van der Waals surface area contributed by atoms with Crippen molar-refractivity contribution >= 4 is 34.3 Å². The number of hydrogen-bond donors (Lipinski definition) is 1. The molecule has 0 aliphatic carbocycles. The summed E-state index contributed by atoms with van der Waals surface area (Å²) >= 11 is 0.936. The summed E-state index contributed by atoms with van der Waals surface area (Å²) in [6.45, 7) is 4.49. The predicted octanol–water partition coefficient (Wildman–Crippen LogP) is 2.51. The van der Waals surface area contributed by atoms with E-state index >= 15 is 0 Å². The lowest BCUT2D eigenvalue weighted by Crippen LogP contribution is -2.27. The van der Waals surface area contributed by atoms with Gasteiger partial charge in [-0.2, -0.15) is 9.78 Å². The third-order valence-corrected chi connectivity index (χ3v) is 5.35. The predicted molar refractivity (Wildman–Crippen MR) is 123 cm³/mol. The van der Waals surface area contributed by atoms with Gasteiger partial charge in [-0.25, -0.2) is 19.0 Å². The van der Waals surface area contributed by atoms with Crippen molar-refractivity contribution in [1.82, 2.24) is 14.8 Å². The van der Waals surface area contributed by atoms with Gasteiger partial charge >= 0.3 is 11.9 Å². The molecule has 1 aromatic carbocycles. The third kappa shape index (κ3) is 6.26. The van der Waals surface area contributed by atoms with E-state index in [4.69, 9.17) is 14.2 Å². The van der Waals surface area contributed by atoms with Gasteiger partial charge in [-0.05, 0) is 45.0 Å². The maximum atomic E-state index is 13.2. The maximum Gasteiger partial charge on any atom is 0.362 e. The van der Waals surface area contributed by atoms with E-state index < -0.39 is 35.8 Å². The molecule has 0 spiro atoms. The smallest absolute Gasteiger partial charge is 0.362 e. The highest BCUT2D eigenvalue weighted by Gasteiger charge is 2.22. The number of carbonyl (C=O) groups is 3. The van der Waals surface area contributed by atoms with Crippen LogP contribution in [0.25, 0.3) is 5.69 Å². The van der Waals surface area contributed by atoms with Crippen molar-refractivity contribution in [3.05, 3.63) is 62.8 Å². The van der Waals surface area contributed by atoms with Gasteiger partial charge in [0.2, 0.25) is 5.69 Å². The van der Waals surface area contributed by atoms with E-state index in [1.807, 2.05) is 0 Å². The number of amides is 1. The van der Waals surface area contributed by atoms with Gasteiger partial charge in [0, 0.05) is 0 Å². The maximum absolute atomic E-state index is 13.2. The molecule has 2 aromatic heterocycles. The number of rotatable bonds is 9. The highest BCUT2D eigenvalue weighted by Crippen LogP contribution is 2.23. The molecule has 0 saturated heterocycles. The fourth-order valence-corrected chi connectivity index (χ4v) is 3.67. The van der Waals surface area contributed by atoms with E-state index in [2.05, 4.69) is 15.4 Å². The second-order valence-corrected chi connectivity index (χ2v) is 7.79.